The van der Waals surface area contributed by atoms with E-state index in [1.165, 1.54) is 29.2 Å². The molecule has 3 rings (SSSR count). The number of thiazole rings is 1. The summed E-state index contributed by atoms with van der Waals surface area (Å²) in [7, 11) is 3.86. The van der Waals surface area contributed by atoms with E-state index in [9.17, 15) is 13.6 Å². The Morgan fingerprint density at radius 1 is 1.07 bits per heavy atom. The molecule has 1 aromatic heterocycles. The molecule has 0 spiro atoms. The van der Waals surface area contributed by atoms with Crippen molar-refractivity contribution < 1.29 is 13.6 Å². The van der Waals surface area contributed by atoms with Gasteiger partial charge in [0.05, 0.1) is 4.70 Å². The van der Waals surface area contributed by atoms with Crippen LogP contribution in [0.1, 0.15) is 16.8 Å². The summed E-state index contributed by atoms with van der Waals surface area (Å²) in [5, 5.41) is 0.961. The highest BCUT2D eigenvalue weighted by Gasteiger charge is 2.23. The van der Waals surface area contributed by atoms with Crippen molar-refractivity contribution in [2.24, 2.45) is 0 Å². The molecule has 0 aliphatic heterocycles. The molecule has 3 aromatic rings. The number of hydrogen-bond acceptors (Lipinski definition) is 4. The Hall–Kier alpha value is -1.51. The summed E-state index contributed by atoms with van der Waals surface area (Å²) in [6.07, 6.45) is 0.666. The fourth-order valence-corrected chi connectivity index (χ4v) is 4.28. The molecule has 156 valence electrons. The molecule has 1 amide bonds. The lowest BCUT2D eigenvalue weighted by atomic mass is 10.2. The Bertz CT molecular complexity index is 1010. The van der Waals surface area contributed by atoms with Crippen LogP contribution in [0.5, 0.6) is 0 Å². The van der Waals surface area contributed by atoms with Crippen molar-refractivity contribution in [3.63, 3.8) is 0 Å². The average molecular weight is 481 g/mol. The predicted octanol–water partition coefficient (Wildman–Crippen LogP) is 5.90. The average Bonchev–Trinajstić information content (AvgIpc) is 3.01. The van der Waals surface area contributed by atoms with Gasteiger partial charge in [0.2, 0.25) is 0 Å². The first kappa shape index (κ1) is 23.8. The molecule has 0 unspecified atom stereocenters. The quantitative estimate of drug-likeness (QED) is 0.441. The van der Waals surface area contributed by atoms with Gasteiger partial charge in [-0.15, -0.1) is 12.4 Å². The van der Waals surface area contributed by atoms with E-state index in [1.54, 1.807) is 0 Å². The van der Waals surface area contributed by atoms with Crippen molar-refractivity contribution in [1.29, 1.82) is 0 Å². The second-order valence-corrected chi connectivity index (χ2v) is 8.38. The van der Waals surface area contributed by atoms with Crippen molar-refractivity contribution >= 4 is 68.2 Å². The fraction of sp³-hybridized carbons (Fsp3) is 0.263. The molecule has 0 saturated carbocycles. The maximum atomic E-state index is 14.1. The molecule has 2 aromatic carbocycles. The van der Waals surface area contributed by atoms with Crippen LogP contribution in [0.25, 0.3) is 10.2 Å². The molecule has 0 bridgehead atoms. The molecule has 0 saturated heterocycles. The van der Waals surface area contributed by atoms with Crippen molar-refractivity contribution in [1.82, 2.24) is 9.88 Å². The Morgan fingerprint density at radius 2 is 1.72 bits per heavy atom. The topological polar surface area (TPSA) is 36.4 Å². The summed E-state index contributed by atoms with van der Waals surface area (Å²) in [4.78, 5) is 20.8. The summed E-state index contributed by atoms with van der Waals surface area (Å²) < 4.78 is 27.9. The summed E-state index contributed by atoms with van der Waals surface area (Å²) in [5.74, 6) is -1.81. The molecular formula is C19H18Cl3F2N3OS. The number of nitrogens with zero attached hydrogens (tertiary/aromatic N) is 3. The number of rotatable bonds is 6. The van der Waals surface area contributed by atoms with E-state index in [0.717, 1.165) is 23.9 Å². The van der Waals surface area contributed by atoms with Gasteiger partial charge in [0, 0.05) is 28.2 Å². The van der Waals surface area contributed by atoms with Crippen LogP contribution in [0.2, 0.25) is 10.0 Å². The van der Waals surface area contributed by atoms with Gasteiger partial charge in [0.15, 0.2) is 10.9 Å². The van der Waals surface area contributed by atoms with Crippen LogP contribution in [0.3, 0.4) is 0 Å². The standard InChI is InChI=1S/C19H17Cl2F2N3OS.ClH/c1-25(2)4-3-5-26(18(27)11-6-12(20)8-13(21)7-11)19-24-17-15(23)9-14(22)10-16(17)28-19;/h6-10H,3-5H2,1-2H3;1H. The lowest BCUT2D eigenvalue weighted by Crippen LogP contribution is -2.33. The van der Waals surface area contributed by atoms with Gasteiger partial charge >= 0.3 is 0 Å². The van der Waals surface area contributed by atoms with E-state index in [-0.39, 0.29) is 23.8 Å². The zero-order chi connectivity index (χ0) is 20.4. The second-order valence-electron chi connectivity index (χ2n) is 6.50. The molecule has 0 atom stereocenters. The molecule has 0 fully saturated rings. The molecule has 4 nitrogen and oxygen atoms in total. The number of carbonyl (C=O) groups excluding carboxylic acids is 1. The van der Waals surface area contributed by atoms with Gasteiger partial charge in [-0.05, 0) is 51.3 Å². The highest BCUT2D eigenvalue weighted by atomic mass is 35.5. The van der Waals surface area contributed by atoms with Crippen LogP contribution < -0.4 is 4.90 Å². The lowest BCUT2D eigenvalue weighted by molar-refractivity contribution is 0.0986. The monoisotopic (exact) mass is 479 g/mol. The number of anilines is 1. The van der Waals surface area contributed by atoms with E-state index in [2.05, 4.69) is 4.98 Å². The number of benzene rings is 2. The van der Waals surface area contributed by atoms with Gasteiger partial charge in [0.1, 0.15) is 11.3 Å². The highest BCUT2D eigenvalue weighted by Crippen LogP contribution is 2.32. The minimum absolute atomic E-state index is 0. The smallest absolute Gasteiger partial charge is 0.260 e. The van der Waals surface area contributed by atoms with E-state index >= 15 is 0 Å². The van der Waals surface area contributed by atoms with Gasteiger partial charge in [0.25, 0.3) is 5.91 Å². The minimum atomic E-state index is -0.760. The van der Waals surface area contributed by atoms with Crippen molar-refractivity contribution in [3.05, 3.63) is 57.6 Å². The van der Waals surface area contributed by atoms with E-state index in [1.807, 2.05) is 19.0 Å². The summed E-state index contributed by atoms with van der Waals surface area (Å²) in [6, 6.07) is 6.55. The molecular weight excluding hydrogens is 463 g/mol. The SMILES string of the molecule is CN(C)CCCN(C(=O)c1cc(Cl)cc(Cl)c1)c1nc2c(F)cc(F)cc2s1.Cl. The van der Waals surface area contributed by atoms with Crippen LogP contribution in [-0.4, -0.2) is 43.0 Å². The van der Waals surface area contributed by atoms with E-state index in [0.29, 0.717) is 38.4 Å². The van der Waals surface area contributed by atoms with Gasteiger partial charge in [-0.1, -0.05) is 34.5 Å². The molecule has 10 heteroatoms. The summed E-state index contributed by atoms with van der Waals surface area (Å²) >= 11 is 13.1. The third-order valence-corrected chi connectivity index (χ3v) is 5.44. The maximum absolute atomic E-state index is 14.1. The Kier molecular flexibility index (Phi) is 8.19. The fourth-order valence-electron chi connectivity index (χ4n) is 2.72. The highest BCUT2D eigenvalue weighted by molar-refractivity contribution is 7.22. The van der Waals surface area contributed by atoms with Crippen LogP contribution in [-0.2, 0) is 0 Å². The summed E-state index contributed by atoms with van der Waals surface area (Å²) in [6.45, 7) is 1.10. The Morgan fingerprint density at radius 3 is 2.34 bits per heavy atom. The van der Waals surface area contributed by atoms with Gasteiger partial charge in [-0.25, -0.2) is 13.8 Å². The molecule has 29 heavy (non-hydrogen) atoms. The van der Waals surface area contributed by atoms with E-state index < -0.39 is 11.6 Å². The molecule has 0 aliphatic carbocycles. The maximum Gasteiger partial charge on any atom is 0.260 e. The number of aromatic nitrogens is 1. The van der Waals surface area contributed by atoms with Crippen molar-refractivity contribution in [2.45, 2.75) is 6.42 Å². The van der Waals surface area contributed by atoms with Crippen LogP contribution in [0.4, 0.5) is 13.9 Å². The zero-order valence-corrected chi connectivity index (χ0v) is 18.7. The largest absolute Gasteiger partial charge is 0.309 e. The number of hydrogen-bond donors (Lipinski definition) is 0. The number of fused-ring (bicyclic) bond motifs is 1. The normalized spacial score (nSPS) is 11.0. The third kappa shape index (κ3) is 5.77. The van der Waals surface area contributed by atoms with Crippen LogP contribution in [0, 0.1) is 11.6 Å². The lowest BCUT2D eigenvalue weighted by Gasteiger charge is -2.21. The number of carbonyl (C=O) groups is 1. The second kappa shape index (κ2) is 10.00. The van der Waals surface area contributed by atoms with Gasteiger partial charge in [-0.3, -0.25) is 9.69 Å². The van der Waals surface area contributed by atoms with Gasteiger partial charge < -0.3 is 4.90 Å². The number of halogens is 5. The minimum Gasteiger partial charge on any atom is -0.309 e. The van der Waals surface area contributed by atoms with Crippen molar-refractivity contribution in [3.8, 4) is 0 Å². The van der Waals surface area contributed by atoms with E-state index in [4.69, 9.17) is 23.2 Å². The first-order valence-corrected chi connectivity index (χ1v) is 10.00. The molecule has 1 heterocycles. The third-order valence-electron chi connectivity index (χ3n) is 3.97. The molecule has 0 N–H and O–H groups in total. The molecule has 0 radical (unpaired) electrons. The first-order valence-electron chi connectivity index (χ1n) is 8.43. The van der Waals surface area contributed by atoms with Crippen LogP contribution in [0.15, 0.2) is 30.3 Å². The Balaban J connectivity index is 0.00000300. The van der Waals surface area contributed by atoms with Crippen molar-refractivity contribution in [2.75, 3.05) is 32.1 Å². The first-order chi connectivity index (χ1) is 13.2. The number of amides is 1. The summed E-state index contributed by atoms with van der Waals surface area (Å²) in [5.41, 5.74) is 0.337. The zero-order valence-electron chi connectivity index (χ0n) is 15.6. The van der Waals surface area contributed by atoms with Gasteiger partial charge in [-0.2, -0.15) is 0 Å². The molecule has 0 aliphatic rings. The predicted molar refractivity (Wildman–Crippen MR) is 118 cm³/mol. The van der Waals surface area contributed by atoms with Crippen LogP contribution >= 0.6 is 46.9 Å². The Labute approximate surface area is 187 Å².